The number of hydrogen-bond acceptors (Lipinski definition) is 5. The predicted octanol–water partition coefficient (Wildman–Crippen LogP) is 3.97. The molecule has 5 rings (SSSR count). The number of esters is 1. The van der Waals surface area contributed by atoms with Gasteiger partial charge in [0.25, 0.3) is 5.91 Å². The second-order valence-electron chi connectivity index (χ2n) is 9.44. The first-order valence-corrected chi connectivity index (χ1v) is 11.2. The number of benzene rings is 1. The molecule has 4 bridgehead atoms. The minimum atomic E-state index is -0.547. The molecule has 30 heavy (non-hydrogen) atoms. The van der Waals surface area contributed by atoms with Crippen LogP contribution in [0.5, 0.6) is 11.5 Å². The van der Waals surface area contributed by atoms with Crippen molar-refractivity contribution in [1.82, 2.24) is 5.32 Å². The van der Waals surface area contributed by atoms with Gasteiger partial charge >= 0.3 is 5.97 Å². The third kappa shape index (κ3) is 4.14. The van der Waals surface area contributed by atoms with E-state index >= 15 is 0 Å². The van der Waals surface area contributed by atoms with Crippen molar-refractivity contribution in [1.29, 1.82) is 0 Å². The molecule has 4 aliphatic carbocycles. The summed E-state index contributed by atoms with van der Waals surface area (Å²) in [6.07, 6.45) is 7.82. The summed E-state index contributed by atoms with van der Waals surface area (Å²) >= 11 is 0. The third-order valence-corrected chi connectivity index (χ3v) is 7.42. The minimum absolute atomic E-state index is 0.114. The number of ether oxygens (including phenoxy) is 3. The zero-order chi connectivity index (χ0) is 21.3. The lowest BCUT2D eigenvalue weighted by atomic mass is 9.48. The van der Waals surface area contributed by atoms with E-state index in [0.29, 0.717) is 23.7 Å². The fourth-order valence-corrected chi connectivity index (χ4v) is 6.43. The maximum absolute atomic E-state index is 12.5. The molecule has 0 saturated heterocycles. The van der Waals surface area contributed by atoms with Gasteiger partial charge in [-0.2, -0.15) is 0 Å². The van der Waals surface area contributed by atoms with Crippen molar-refractivity contribution in [3.8, 4) is 11.5 Å². The molecular formula is C24H33NO5. The Balaban J connectivity index is 1.31. The molecule has 0 aromatic heterocycles. The number of methoxy groups -OCH3 is 1. The van der Waals surface area contributed by atoms with Crippen molar-refractivity contribution in [2.75, 3.05) is 20.3 Å². The Kier molecular flexibility index (Phi) is 5.94. The normalized spacial score (nSPS) is 29.9. The van der Waals surface area contributed by atoms with Crippen LogP contribution in [-0.2, 0) is 9.53 Å². The van der Waals surface area contributed by atoms with Crippen LogP contribution in [0.4, 0.5) is 0 Å². The lowest BCUT2D eigenvalue weighted by Gasteiger charge is -2.59. The molecular weight excluding hydrogens is 382 g/mol. The number of hydrogen-bond donors (Lipinski definition) is 1. The van der Waals surface area contributed by atoms with Crippen LogP contribution in [0.3, 0.4) is 0 Å². The average Bonchev–Trinajstić information content (AvgIpc) is 2.71. The largest absolute Gasteiger partial charge is 0.493 e. The number of rotatable bonds is 8. The fraction of sp³-hybridized carbons (Fsp3) is 0.667. The number of carbonyl (C=O) groups excluding carboxylic acids is 2. The van der Waals surface area contributed by atoms with E-state index in [1.54, 1.807) is 18.2 Å². The fourth-order valence-electron chi connectivity index (χ4n) is 6.43. The van der Waals surface area contributed by atoms with E-state index in [0.717, 1.165) is 17.8 Å². The maximum atomic E-state index is 12.5. The monoisotopic (exact) mass is 415 g/mol. The van der Waals surface area contributed by atoms with Crippen molar-refractivity contribution in [3.63, 3.8) is 0 Å². The van der Waals surface area contributed by atoms with E-state index in [1.165, 1.54) is 45.6 Å². The van der Waals surface area contributed by atoms with Crippen LogP contribution in [0.15, 0.2) is 18.2 Å². The van der Waals surface area contributed by atoms with Gasteiger partial charge in [-0.3, -0.25) is 4.79 Å². The number of nitrogens with one attached hydrogen (secondary N) is 1. The van der Waals surface area contributed by atoms with E-state index in [-0.39, 0.29) is 24.0 Å². The highest BCUT2D eigenvalue weighted by Gasteiger charge is 2.53. The Morgan fingerprint density at radius 1 is 1.10 bits per heavy atom. The minimum Gasteiger partial charge on any atom is -0.493 e. The summed E-state index contributed by atoms with van der Waals surface area (Å²) in [5.74, 6) is 2.76. The molecule has 0 aliphatic heterocycles. The SMILES string of the molecule is CCOc1ccc(C(=O)OCC(=O)NC(C)C23CC4CC(CC(C4)C2)C3)cc1OC. The standard InChI is InChI=1S/C24H33NO5/c1-4-29-20-6-5-19(10-21(20)28-3)23(27)30-14-22(26)25-15(2)24-11-16-7-17(12-24)9-18(8-16)13-24/h5-6,10,15-18H,4,7-9,11-14H2,1-3H3,(H,25,26). The lowest BCUT2D eigenvalue weighted by Crippen LogP contribution is -2.56. The first-order chi connectivity index (χ1) is 14.4. The van der Waals surface area contributed by atoms with Crippen LogP contribution in [0, 0.1) is 23.2 Å². The van der Waals surface area contributed by atoms with Crippen LogP contribution in [0.2, 0.25) is 0 Å². The topological polar surface area (TPSA) is 73.9 Å². The quantitative estimate of drug-likeness (QED) is 0.651. The van der Waals surface area contributed by atoms with Gasteiger partial charge in [-0.1, -0.05) is 0 Å². The highest BCUT2D eigenvalue weighted by molar-refractivity contribution is 5.92. The molecule has 164 valence electrons. The molecule has 1 N–H and O–H groups in total. The van der Waals surface area contributed by atoms with Crippen LogP contribution >= 0.6 is 0 Å². The highest BCUT2D eigenvalue weighted by atomic mass is 16.5. The van der Waals surface area contributed by atoms with Crippen molar-refractivity contribution in [3.05, 3.63) is 23.8 Å². The molecule has 1 atom stereocenters. The molecule has 4 saturated carbocycles. The summed E-state index contributed by atoms with van der Waals surface area (Å²) < 4.78 is 16.0. The smallest absolute Gasteiger partial charge is 0.338 e. The molecule has 1 aromatic rings. The van der Waals surface area contributed by atoms with Crippen LogP contribution < -0.4 is 14.8 Å². The van der Waals surface area contributed by atoms with Crippen LogP contribution in [0.25, 0.3) is 0 Å². The summed E-state index contributed by atoms with van der Waals surface area (Å²) in [4.78, 5) is 24.9. The van der Waals surface area contributed by atoms with Crippen molar-refractivity contribution < 1.29 is 23.8 Å². The molecule has 1 aromatic carbocycles. The first-order valence-electron chi connectivity index (χ1n) is 11.2. The van der Waals surface area contributed by atoms with Gasteiger partial charge in [-0.05, 0) is 93.7 Å². The van der Waals surface area contributed by atoms with E-state index < -0.39 is 5.97 Å². The number of amides is 1. The van der Waals surface area contributed by atoms with Gasteiger partial charge in [0.05, 0.1) is 19.3 Å². The average molecular weight is 416 g/mol. The molecule has 0 heterocycles. The summed E-state index contributed by atoms with van der Waals surface area (Å²) in [6.45, 7) is 4.24. The summed E-state index contributed by atoms with van der Waals surface area (Å²) in [6, 6.07) is 4.98. The van der Waals surface area contributed by atoms with Crippen molar-refractivity contribution in [2.24, 2.45) is 23.2 Å². The van der Waals surface area contributed by atoms with Gasteiger partial charge in [0.2, 0.25) is 0 Å². The predicted molar refractivity (Wildman–Crippen MR) is 113 cm³/mol. The molecule has 4 aliphatic rings. The van der Waals surface area contributed by atoms with Crippen LogP contribution in [0.1, 0.15) is 62.7 Å². The van der Waals surface area contributed by atoms with Crippen molar-refractivity contribution in [2.45, 2.75) is 58.4 Å². The van der Waals surface area contributed by atoms with E-state index in [1.807, 2.05) is 6.92 Å². The molecule has 6 heteroatoms. The zero-order valence-corrected chi connectivity index (χ0v) is 18.2. The number of carbonyl (C=O) groups is 2. The van der Waals surface area contributed by atoms with Gasteiger partial charge in [0.15, 0.2) is 18.1 Å². The Bertz CT molecular complexity index is 770. The Morgan fingerprint density at radius 3 is 2.30 bits per heavy atom. The molecule has 4 fully saturated rings. The Hall–Kier alpha value is -2.24. The van der Waals surface area contributed by atoms with Crippen molar-refractivity contribution >= 4 is 11.9 Å². The van der Waals surface area contributed by atoms with E-state index in [2.05, 4.69) is 12.2 Å². The van der Waals surface area contributed by atoms with Gasteiger partial charge in [-0.15, -0.1) is 0 Å². The lowest BCUT2D eigenvalue weighted by molar-refractivity contribution is -0.128. The molecule has 0 spiro atoms. The first kappa shape index (κ1) is 21.0. The van der Waals surface area contributed by atoms with Gasteiger partial charge in [0.1, 0.15) is 0 Å². The summed E-state index contributed by atoms with van der Waals surface area (Å²) in [7, 11) is 1.52. The second-order valence-corrected chi connectivity index (χ2v) is 9.44. The van der Waals surface area contributed by atoms with Gasteiger partial charge in [-0.25, -0.2) is 4.79 Å². The van der Waals surface area contributed by atoms with E-state index in [4.69, 9.17) is 14.2 Å². The Morgan fingerprint density at radius 2 is 1.73 bits per heavy atom. The third-order valence-electron chi connectivity index (χ3n) is 7.42. The van der Waals surface area contributed by atoms with Crippen LogP contribution in [-0.4, -0.2) is 38.2 Å². The second kappa shape index (κ2) is 8.48. The Labute approximate surface area is 178 Å². The zero-order valence-electron chi connectivity index (χ0n) is 18.2. The molecule has 1 unspecified atom stereocenters. The van der Waals surface area contributed by atoms with Gasteiger partial charge in [0, 0.05) is 6.04 Å². The summed E-state index contributed by atoms with van der Waals surface area (Å²) in [5, 5.41) is 3.13. The maximum Gasteiger partial charge on any atom is 0.338 e. The highest BCUT2D eigenvalue weighted by Crippen LogP contribution is 2.61. The molecule has 0 radical (unpaired) electrons. The summed E-state index contributed by atoms with van der Waals surface area (Å²) in [5.41, 5.74) is 0.564. The van der Waals surface area contributed by atoms with Gasteiger partial charge < -0.3 is 19.5 Å². The van der Waals surface area contributed by atoms with E-state index in [9.17, 15) is 9.59 Å². The molecule has 1 amide bonds. The molecule has 6 nitrogen and oxygen atoms in total.